The average molecular weight is 202 g/mol. The predicted molar refractivity (Wildman–Crippen MR) is 56.1 cm³/mol. The molecule has 0 spiro atoms. The first-order valence-corrected chi connectivity index (χ1v) is 4.51. The molecule has 0 aliphatic heterocycles. The Kier molecular flexibility index (Phi) is 2.54. The Balaban J connectivity index is 2.52. The molecule has 2 aromatic rings. The fourth-order valence-electron chi connectivity index (χ4n) is 1.39. The van der Waals surface area contributed by atoms with Crippen LogP contribution >= 0.6 is 0 Å². The lowest BCUT2D eigenvalue weighted by atomic mass is 10.1. The summed E-state index contributed by atoms with van der Waals surface area (Å²) < 4.78 is 10.3. The fraction of sp³-hybridized carbons (Fsp3) is 0.0833. The minimum atomic E-state index is 0.570. The first kappa shape index (κ1) is 9.52. The number of carbonyl (C=O) groups is 1. The largest absolute Gasteiger partial charge is 0.497 e. The van der Waals surface area contributed by atoms with Gasteiger partial charge in [0.15, 0.2) is 0 Å². The van der Waals surface area contributed by atoms with Crippen molar-refractivity contribution in [2.45, 2.75) is 0 Å². The molecule has 2 rings (SSSR count). The maximum Gasteiger partial charge on any atom is 0.150 e. The van der Waals surface area contributed by atoms with Gasteiger partial charge in [-0.15, -0.1) is 0 Å². The highest BCUT2D eigenvalue weighted by atomic mass is 16.5. The quantitative estimate of drug-likeness (QED) is 0.718. The molecule has 3 nitrogen and oxygen atoms in total. The van der Waals surface area contributed by atoms with Crippen molar-refractivity contribution < 1.29 is 13.9 Å². The summed E-state index contributed by atoms with van der Waals surface area (Å²) in [6, 6.07) is 8.90. The zero-order valence-corrected chi connectivity index (χ0v) is 8.27. The van der Waals surface area contributed by atoms with Gasteiger partial charge in [-0.2, -0.15) is 0 Å². The van der Waals surface area contributed by atoms with E-state index >= 15 is 0 Å². The van der Waals surface area contributed by atoms with Crippen molar-refractivity contribution in [2.75, 3.05) is 7.11 Å². The van der Waals surface area contributed by atoms with Gasteiger partial charge in [0.05, 0.1) is 13.4 Å². The van der Waals surface area contributed by atoms with E-state index in [-0.39, 0.29) is 0 Å². The topological polar surface area (TPSA) is 39.4 Å². The summed E-state index contributed by atoms with van der Waals surface area (Å²) in [4.78, 5) is 10.7. The van der Waals surface area contributed by atoms with Crippen LogP contribution in [0.2, 0.25) is 0 Å². The number of hydrogen-bond acceptors (Lipinski definition) is 3. The summed E-state index contributed by atoms with van der Waals surface area (Å²) in [5.74, 6) is 1.36. The number of aldehydes is 1. The van der Waals surface area contributed by atoms with Crippen molar-refractivity contribution in [1.82, 2.24) is 0 Å². The minimum Gasteiger partial charge on any atom is -0.497 e. The number of ether oxygens (including phenoxy) is 1. The van der Waals surface area contributed by atoms with Gasteiger partial charge in [0.25, 0.3) is 0 Å². The smallest absolute Gasteiger partial charge is 0.150 e. The van der Waals surface area contributed by atoms with E-state index < -0.39 is 0 Å². The second kappa shape index (κ2) is 4.00. The Morgan fingerprint density at radius 2 is 2.20 bits per heavy atom. The Bertz CT molecular complexity index is 458. The number of furan rings is 1. The van der Waals surface area contributed by atoms with Crippen LogP contribution < -0.4 is 4.74 Å². The van der Waals surface area contributed by atoms with Gasteiger partial charge in [0.1, 0.15) is 17.8 Å². The maximum absolute atomic E-state index is 10.7. The maximum atomic E-state index is 10.7. The molecule has 0 unspecified atom stereocenters. The third-order valence-electron chi connectivity index (χ3n) is 2.11. The molecule has 0 radical (unpaired) electrons. The van der Waals surface area contributed by atoms with Crippen LogP contribution in [0.1, 0.15) is 10.4 Å². The molecule has 0 saturated heterocycles. The minimum absolute atomic E-state index is 0.570. The Labute approximate surface area is 87.3 Å². The molecule has 76 valence electrons. The summed E-state index contributed by atoms with van der Waals surface area (Å²) in [7, 11) is 1.57. The molecule has 1 aromatic carbocycles. The van der Waals surface area contributed by atoms with E-state index in [9.17, 15) is 4.79 Å². The van der Waals surface area contributed by atoms with Crippen LogP contribution in [0.25, 0.3) is 11.3 Å². The molecule has 0 aliphatic carbocycles. The first-order valence-electron chi connectivity index (χ1n) is 4.51. The van der Waals surface area contributed by atoms with E-state index in [0.717, 1.165) is 17.6 Å². The Hall–Kier alpha value is -2.03. The second-order valence-electron chi connectivity index (χ2n) is 3.09. The summed E-state index contributed by atoms with van der Waals surface area (Å²) in [5.41, 5.74) is 1.40. The molecule has 0 aliphatic rings. The number of benzene rings is 1. The number of hydrogen-bond donors (Lipinski definition) is 0. The lowest BCUT2D eigenvalue weighted by Crippen LogP contribution is -1.87. The lowest BCUT2D eigenvalue weighted by molar-refractivity contribution is 0.112. The van der Waals surface area contributed by atoms with Crippen molar-refractivity contribution in [3.05, 3.63) is 42.2 Å². The van der Waals surface area contributed by atoms with Crippen LogP contribution in [0.4, 0.5) is 0 Å². The van der Waals surface area contributed by atoms with Crippen molar-refractivity contribution in [1.29, 1.82) is 0 Å². The number of carbonyl (C=O) groups excluding carboxylic acids is 1. The van der Waals surface area contributed by atoms with Gasteiger partial charge in [-0.1, -0.05) is 0 Å². The summed E-state index contributed by atoms with van der Waals surface area (Å²) in [6.07, 6.45) is 2.38. The summed E-state index contributed by atoms with van der Waals surface area (Å²) in [5, 5.41) is 0. The van der Waals surface area contributed by atoms with Crippen molar-refractivity contribution in [3.8, 4) is 17.1 Å². The zero-order valence-electron chi connectivity index (χ0n) is 8.27. The number of rotatable bonds is 3. The molecular formula is C12H10O3. The van der Waals surface area contributed by atoms with E-state index in [1.54, 1.807) is 31.6 Å². The molecule has 0 atom stereocenters. The van der Waals surface area contributed by atoms with E-state index in [1.807, 2.05) is 12.1 Å². The zero-order chi connectivity index (χ0) is 10.7. The van der Waals surface area contributed by atoms with Gasteiger partial charge in [-0.25, -0.2) is 0 Å². The van der Waals surface area contributed by atoms with Crippen LogP contribution in [-0.2, 0) is 0 Å². The van der Waals surface area contributed by atoms with E-state index in [0.29, 0.717) is 11.3 Å². The first-order chi connectivity index (χ1) is 7.33. The number of methoxy groups -OCH3 is 1. The molecule has 3 heteroatoms. The predicted octanol–water partition coefficient (Wildman–Crippen LogP) is 2.77. The van der Waals surface area contributed by atoms with E-state index in [1.165, 1.54) is 0 Å². The average Bonchev–Trinajstić information content (AvgIpc) is 2.81. The van der Waals surface area contributed by atoms with Gasteiger partial charge >= 0.3 is 0 Å². The van der Waals surface area contributed by atoms with Gasteiger partial charge < -0.3 is 9.15 Å². The fourth-order valence-corrected chi connectivity index (χ4v) is 1.39. The molecule has 0 bridgehead atoms. The third-order valence-corrected chi connectivity index (χ3v) is 2.11. The molecule has 0 fully saturated rings. The highest BCUT2D eigenvalue weighted by molar-refractivity contribution is 5.79. The van der Waals surface area contributed by atoms with Crippen LogP contribution in [0, 0.1) is 0 Å². The second-order valence-corrected chi connectivity index (χ2v) is 3.09. The molecule has 0 N–H and O–H groups in total. The normalized spacial score (nSPS) is 9.93. The SMILES string of the molecule is COc1cc(C=O)cc(-c2ccco2)c1. The molecule has 0 amide bonds. The molecule has 15 heavy (non-hydrogen) atoms. The van der Waals surface area contributed by atoms with Gasteiger partial charge in [-0.05, 0) is 30.3 Å². The van der Waals surface area contributed by atoms with Crippen LogP contribution in [0.5, 0.6) is 5.75 Å². The van der Waals surface area contributed by atoms with E-state index in [4.69, 9.17) is 9.15 Å². The third kappa shape index (κ3) is 1.91. The van der Waals surface area contributed by atoms with Crippen LogP contribution in [0.15, 0.2) is 41.0 Å². The van der Waals surface area contributed by atoms with Crippen molar-refractivity contribution in [3.63, 3.8) is 0 Å². The molecule has 1 aromatic heterocycles. The van der Waals surface area contributed by atoms with Gasteiger partial charge in [-0.3, -0.25) is 4.79 Å². The highest BCUT2D eigenvalue weighted by Gasteiger charge is 2.05. The van der Waals surface area contributed by atoms with Crippen molar-refractivity contribution in [2.24, 2.45) is 0 Å². The van der Waals surface area contributed by atoms with Crippen LogP contribution in [-0.4, -0.2) is 13.4 Å². The van der Waals surface area contributed by atoms with Gasteiger partial charge in [0.2, 0.25) is 0 Å². The van der Waals surface area contributed by atoms with Gasteiger partial charge in [0, 0.05) is 11.1 Å². The van der Waals surface area contributed by atoms with E-state index in [2.05, 4.69) is 0 Å². The van der Waals surface area contributed by atoms with Crippen LogP contribution in [0.3, 0.4) is 0 Å². The summed E-state index contributed by atoms with van der Waals surface area (Å²) in [6.45, 7) is 0. The Morgan fingerprint density at radius 3 is 2.80 bits per heavy atom. The molecule has 1 heterocycles. The Morgan fingerprint density at radius 1 is 1.33 bits per heavy atom. The highest BCUT2D eigenvalue weighted by Crippen LogP contribution is 2.25. The molecular weight excluding hydrogens is 192 g/mol. The monoisotopic (exact) mass is 202 g/mol. The lowest BCUT2D eigenvalue weighted by Gasteiger charge is -2.03. The standard InChI is InChI=1S/C12H10O3/c1-14-11-6-9(8-13)5-10(7-11)12-3-2-4-15-12/h2-8H,1H3. The molecule has 0 saturated carbocycles. The van der Waals surface area contributed by atoms with Crippen molar-refractivity contribution >= 4 is 6.29 Å². The summed E-state index contributed by atoms with van der Waals surface area (Å²) >= 11 is 0.